The molecule has 1 atom stereocenters. The number of benzene rings is 2. The second-order valence-electron chi connectivity index (χ2n) is 5.06. The number of carbonyl (C=O) groups is 2. The summed E-state index contributed by atoms with van der Waals surface area (Å²) in [7, 11) is 1.58. The van der Waals surface area contributed by atoms with Crippen molar-refractivity contribution in [3.63, 3.8) is 0 Å². The molecule has 5 heteroatoms. The summed E-state index contributed by atoms with van der Waals surface area (Å²) in [6.07, 6.45) is -0.677. The molecule has 2 aromatic rings. The van der Waals surface area contributed by atoms with Crippen LogP contribution in [0.5, 0.6) is 11.5 Å². The van der Waals surface area contributed by atoms with E-state index in [1.165, 1.54) is 6.92 Å². The molecule has 0 aliphatic carbocycles. The first-order valence-electron chi connectivity index (χ1n) is 7.22. The first-order chi connectivity index (χ1) is 11.0. The zero-order chi connectivity index (χ0) is 16.8. The summed E-state index contributed by atoms with van der Waals surface area (Å²) in [6, 6.07) is 13.8. The molecule has 0 aliphatic rings. The van der Waals surface area contributed by atoms with Crippen LogP contribution in [0.25, 0.3) is 0 Å². The highest BCUT2D eigenvalue weighted by atomic mass is 16.5. The molecule has 0 bridgehead atoms. The molecular weight excluding hydrogens is 294 g/mol. The Labute approximate surface area is 135 Å². The lowest BCUT2D eigenvalue weighted by atomic mass is 10.1. The smallest absolute Gasteiger partial charge is 0.265 e. The Morgan fingerprint density at radius 1 is 1.04 bits per heavy atom. The van der Waals surface area contributed by atoms with E-state index >= 15 is 0 Å². The molecule has 0 saturated carbocycles. The molecule has 1 N–H and O–H groups in total. The molecule has 5 nitrogen and oxygen atoms in total. The fraction of sp³-hybridized carbons (Fsp3) is 0.222. The van der Waals surface area contributed by atoms with Gasteiger partial charge in [-0.1, -0.05) is 12.1 Å². The van der Waals surface area contributed by atoms with E-state index in [0.717, 1.165) is 5.75 Å². The third-order valence-corrected chi connectivity index (χ3v) is 3.28. The summed E-state index contributed by atoms with van der Waals surface area (Å²) < 4.78 is 10.7. The maximum absolute atomic E-state index is 12.2. The number of methoxy groups -OCH3 is 1. The molecule has 0 saturated heterocycles. The molecule has 2 aromatic carbocycles. The van der Waals surface area contributed by atoms with Crippen LogP contribution in [-0.4, -0.2) is 24.9 Å². The number of amides is 1. The van der Waals surface area contributed by atoms with E-state index in [9.17, 15) is 9.59 Å². The van der Waals surface area contributed by atoms with Gasteiger partial charge in [0, 0.05) is 11.3 Å². The Hall–Kier alpha value is -2.82. The standard InChI is InChI=1S/C18H19NO4/c1-12(20)14-5-4-6-15(11-14)19-18(21)13(2)23-17-9-7-16(22-3)8-10-17/h4-11,13H,1-3H3,(H,19,21)/t13-/m1/s1. The highest BCUT2D eigenvalue weighted by Crippen LogP contribution is 2.19. The second kappa shape index (κ2) is 7.45. The molecular formula is C18H19NO4. The molecule has 2 rings (SSSR count). The summed E-state index contributed by atoms with van der Waals surface area (Å²) >= 11 is 0. The number of hydrogen-bond donors (Lipinski definition) is 1. The minimum absolute atomic E-state index is 0.0522. The van der Waals surface area contributed by atoms with Crippen molar-refractivity contribution in [3.8, 4) is 11.5 Å². The van der Waals surface area contributed by atoms with Crippen LogP contribution in [0.15, 0.2) is 48.5 Å². The molecule has 0 spiro atoms. The molecule has 0 heterocycles. The van der Waals surface area contributed by atoms with Gasteiger partial charge in [-0.15, -0.1) is 0 Å². The van der Waals surface area contributed by atoms with Crippen molar-refractivity contribution in [2.24, 2.45) is 0 Å². The van der Waals surface area contributed by atoms with Gasteiger partial charge in [-0.2, -0.15) is 0 Å². The number of ketones is 1. The van der Waals surface area contributed by atoms with E-state index in [2.05, 4.69) is 5.32 Å². The van der Waals surface area contributed by atoms with Crippen molar-refractivity contribution < 1.29 is 19.1 Å². The van der Waals surface area contributed by atoms with Crippen LogP contribution < -0.4 is 14.8 Å². The number of nitrogens with one attached hydrogen (secondary N) is 1. The van der Waals surface area contributed by atoms with Crippen molar-refractivity contribution in [2.45, 2.75) is 20.0 Å². The Bertz CT molecular complexity index is 694. The quantitative estimate of drug-likeness (QED) is 0.831. The number of rotatable bonds is 6. The van der Waals surface area contributed by atoms with Crippen molar-refractivity contribution in [1.82, 2.24) is 0 Å². The average molecular weight is 313 g/mol. The average Bonchev–Trinajstić information content (AvgIpc) is 2.55. The van der Waals surface area contributed by atoms with E-state index in [-0.39, 0.29) is 11.7 Å². The molecule has 0 aliphatic heterocycles. The van der Waals surface area contributed by atoms with Crippen molar-refractivity contribution in [1.29, 1.82) is 0 Å². The highest BCUT2D eigenvalue weighted by Gasteiger charge is 2.15. The van der Waals surface area contributed by atoms with Gasteiger partial charge in [0.05, 0.1) is 7.11 Å². The lowest BCUT2D eigenvalue weighted by molar-refractivity contribution is -0.122. The van der Waals surface area contributed by atoms with Gasteiger partial charge >= 0.3 is 0 Å². The van der Waals surface area contributed by atoms with Gasteiger partial charge in [-0.05, 0) is 50.2 Å². The predicted octanol–water partition coefficient (Wildman–Crippen LogP) is 3.30. The van der Waals surface area contributed by atoms with Gasteiger partial charge in [0.15, 0.2) is 11.9 Å². The number of hydrogen-bond acceptors (Lipinski definition) is 4. The van der Waals surface area contributed by atoms with E-state index in [1.54, 1.807) is 62.6 Å². The number of carbonyl (C=O) groups excluding carboxylic acids is 2. The summed E-state index contributed by atoms with van der Waals surface area (Å²) in [5.41, 5.74) is 1.11. The zero-order valence-corrected chi connectivity index (χ0v) is 13.3. The first-order valence-corrected chi connectivity index (χ1v) is 7.22. The van der Waals surface area contributed by atoms with Gasteiger partial charge in [-0.25, -0.2) is 0 Å². The van der Waals surface area contributed by atoms with Gasteiger partial charge < -0.3 is 14.8 Å². The Balaban J connectivity index is 1.99. The van der Waals surface area contributed by atoms with Crippen LogP contribution in [-0.2, 0) is 4.79 Å². The van der Waals surface area contributed by atoms with E-state index < -0.39 is 6.10 Å². The summed E-state index contributed by atoms with van der Waals surface area (Å²) in [6.45, 7) is 3.14. The highest BCUT2D eigenvalue weighted by molar-refractivity contribution is 5.98. The fourth-order valence-electron chi connectivity index (χ4n) is 1.97. The van der Waals surface area contributed by atoms with Crippen LogP contribution in [0.2, 0.25) is 0 Å². The van der Waals surface area contributed by atoms with Crippen LogP contribution in [0.4, 0.5) is 5.69 Å². The minimum Gasteiger partial charge on any atom is -0.497 e. The first kappa shape index (κ1) is 16.5. The van der Waals surface area contributed by atoms with Gasteiger partial charge in [-0.3, -0.25) is 9.59 Å². The maximum Gasteiger partial charge on any atom is 0.265 e. The Morgan fingerprint density at radius 2 is 1.70 bits per heavy atom. The summed E-state index contributed by atoms with van der Waals surface area (Å²) in [5.74, 6) is 0.951. The normalized spacial score (nSPS) is 11.4. The predicted molar refractivity (Wildman–Crippen MR) is 88.2 cm³/mol. The van der Waals surface area contributed by atoms with E-state index in [4.69, 9.17) is 9.47 Å². The monoisotopic (exact) mass is 313 g/mol. The number of Topliss-reactive ketones (excluding diaryl/α,β-unsaturated/α-hetero) is 1. The Kier molecular flexibility index (Phi) is 5.36. The molecule has 0 unspecified atom stereocenters. The molecule has 1 amide bonds. The third-order valence-electron chi connectivity index (χ3n) is 3.28. The Morgan fingerprint density at radius 3 is 2.30 bits per heavy atom. The molecule has 0 aromatic heterocycles. The largest absolute Gasteiger partial charge is 0.497 e. The zero-order valence-electron chi connectivity index (χ0n) is 13.3. The SMILES string of the molecule is COc1ccc(O[C@H](C)C(=O)Nc2cccc(C(C)=O)c2)cc1. The fourth-order valence-corrected chi connectivity index (χ4v) is 1.97. The third kappa shape index (κ3) is 4.57. The topological polar surface area (TPSA) is 64.6 Å². The molecule has 23 heavy (non-hydrogen) atoms. The van der Waals surface area contributed by atoms with Gasteiger partial charge in [0.2, 0.25) is 0 Å². The second-order valence-corrected chi connectivity index (χ2v) is 5.06. The lowest BCUT2D eigenvalue weighted by Crippen LogP contribution is -2.30. The van der Waals surface area contributed by atoms with Gasteiger partial charge in [0.1, 0.15) is 11.5 Å². The van der Waals surface area contributed by atoms with E-state index in [1.807, 2.05) is 0 Å². The number of anilines is 1. The maximum atomic E-state index is 12.2. The van der Waals surface area contributed by atoms with Crippen LogP contribution in [0.1, 0.15) is 24.2 Å². The van der Waals surface area contributed by atoms with Gasteiger partial charge in [0.25, 0.3) is 5.91 Å². The molecule has 0 fully saturated rings. The van der Waals surface area contributed by atoms with Crippen molar-refractivity contribution in [3.05, 3.63) is 54.1 Å². The summed E-state index contributed by atoms with van der Waals surface area (Å²) in [5, 5.41) is 2.74. The lowest BCUT2D eigenvalue weighted by Gasteiger charge is -2.15. The van der Waals surface area contributed by atoms with Crippen LogP contribution in [0.3, 0.4) is 0 Å². The molecule has 120 valence electrons. The van der Waals surface area contributed by atoms with Crippen molar-refractivity contribution in [2.75, 3.05) is 12.4 Å². The van der Waals surface area contributed by atoms with E-state index in [0.29, 0.717) is 17.0 Å². The molecule has 0 radical (unpaired) electrons. The summed E-state index contributed by atoms with van der Waals surface area (Å²) in [4.78, 5) is 23.5. The minimum atomic E-state index is -0.677. The van der Waals surface area contributed by atoms with Crippen molar-refractivity contribution >= 4 is 17.4 Å². The van der Waals surface area contributed by atoms with Crippen LogP contribution in [0, 0.1) is 0 Å². The number of ether oxygens (including phenoxy) is 2. The van der Waals surface area contributed by atoms with Crippen LogP contribution >= 0.6 is 0 Å².